The van der Waals surface area contributed by atoms with Gasteiger partial charge in [0.25, 0.3) is 0 Å². The smallest absolute Gasteiger partial charge is 0.333 e. The van der Waals surface area contributed by atoms with E-state index in [-0.39, 0.29) is 19.1 Å². The molecule has 2 aromatic rings. The van der Waals surface area contributed by atoms with Crippen molar-refractivity contribution in [3.8, 4) is 5.82 Å². The largest absolute Gasteiger partial charge is 0.479 e. The number of nitrogens with two attached hydrogens (primary N) is 1. The summed E-state index contributed by atoms with van der Waals surface area (Å²) in [6.07, 6.45) is 3.83. The Morgan fingerprint density at radius 3 is 2.86 bits per heavy atom. The number of nitrogens with zero attached hydrogens (tertiary/aromatic N) is 3. The van der Waals surface area contributed by atoms with Crippen LogP contribution in [0.25, 0.3) is 5.82 Å². The predicted octanol–water partition coefficient (Wildman–Crippen LogP) is 0.627. The van der Waals surface area contributed by atoms with Gasteiger partial charge in [-0.05, 0) is 19.1 Å². The van der Waals surface area contributed by atoms with Gasteiger partial charge < -0.3 is 15.6 Å². The molecular weight excluding hydrogens is 272 g/mol. The summed E-state index contributed by atoms with van der Waals surface area (Å²) in [7, 11) is 0. The quantitative estimate of drug-likeness (QED) is 0.775. The lowest BCUT2D eigenvalue weighted by Crippen LogP contribution is -2.34. The molecular formula is C14H18N4O3. The third kappa shape index (κ3) is 3.87. The maximum atomic E-state index is 11.3. The van der Waals surface area contributed by atoms with E-state index in [2.05, 4.69) is 9.97 Å². The minimum absolute atomic E-state index is 0.142. The molecule has 2 heterocycles. The zero-order chi connectivity index (χ0) is 15.2. The van der Waals surface area contributed by atoms with Crippen molar-refractivity contribution in [1.29, 1.82) is 0 Å². The molecule has 112 valence electrons. The zero-order valence-corrected chi connectivity index (χ0v) is 11.7. The Kier molecular flexibility index (Phi) is 5.02. The molecule has 0 aliphatic heterocycles. The average molecular weight is 290 g/mol. The van der Waals surface area contributed by atoms with Gasteiger partial charge in [0, 0.05) is 31.6 Å². The minimum atomic E-state index is -1.04. The van der Waals surface area contributed by atoms with Crippen LogP contribution >= 0.6 is 0 Å². The maximum absolute atomic E-state index is 11.3. The first-order chi connectivity index (χ1) is 10.1. The number of pyridine rings is 1. The molecule has 2 atom stereocenters. The second kappa shape index (κ2) is 6.96. The van der Waals surface area contributed by atoms with Crippen LogP contribution in [0.5, 0.6) is 0 Å². The molecule has 2 rings (SSSR count). The van der Waals surface area contributed by atoms with Gasteiger partial charge in [-0.3, -0.25) is 4.57 Å². The minimum Gasteiger partial charge on any atom is -0.479 e. The van der Waals surface area contributed by atoms with E-state index in [4.69, 9.17) is 10.5 Å². The number of imidazole rings is 1. The van der Waals surface area contributed by atoms with Crippen molar-refractivity contribution >= 4 is 5.97 Å². The van der Waals surface area contributed by atoms with Crippen LogP contribution in [-0.4, -0.2) is 44.4 Å². The van der Waals surface area contributed by atoms with Crippen LogP contribution in [0.1, 0.15) is 12.7 Å². The van der Waals surface area contributed by atoms with Gasteiger partial charge in [0.05, 0.1) is 6.10 Å². The van der Waals surface area contributed by atoms with Crippen LogP contribution in [0.4, 0.5) is 0 Å². The summed E-state index contributed by atoms with van der Waals surface area (Å²) in [5.41, 5.74) is 5.47. The third-order valence-corrected chi connectivity index (χ3v) is 2.99. The highest BCUT2D eigenvalue weighted by Gasteiger charge is 2.23. The number of hydrogen-bond acceptors (Lipinski definition) is 5. The van der Waals surface area contributed by atoms with E-state index < -0.39 is 12.1 Å². The Morgan fingerprint density at radius 2 is 2.24 bits per heavy atom. The average Bonchev–Trinajstić information content (AvgIpc) is 2.95. The van der Waals surface area contributed by atoms with Crippen molar-refractivity contribution in [1.82, 2.24) is 14.5 Å². The van der Waals surface area contributed by atoms with Crippen molar-refractivity contribution in [2.24, 2.45) is 5.73 Å². The molecule has 7 nitrogen and oxygen atoms in total. The van der Waals surface area contributed by atoms with E-state index in [1.54, 1.807) is 30.1 Å². The standard InChI is InChI=1S/C14H18N4O3/c1-10(9-15)21-11(14(19)20)8-13-17-6-7-18(13)12-4-2-3-5-16-12/h2-7,10-11H,8-9,15H2,1H3,(H,19,20)/t10-,11+/m1/s1. The van der Waals surface area contributed by atoms with Gasteiger partial charge in [-0.15, -0.1) is 0 Å². The Balaban J connectivity index is 2.19. The topological polar surface area (TPSA) is 103 Å². The summed E-state index contributed by atoms with van der Waals surface area (Å²) in [6, 6.07) is 5.49. The molecule has 0 aliphatic carbocycles. The van der Waals surface area contributed by atoms with E-state index >= 15 is 0 Å². The first-order valence-electron chi connectivity index (χ1n) is 6.63. The number of rotatable bonds is 7. The SMILES string of the molecule is C[C@H](CN)O[C@@H](Cc1nccn1-c1ccccn1)C(=O)O. The monoisotopic (exact) mass is 290 g/mol. The molecule has 0 aliphatic rings. The number of aliphatic carboxylic acids is 1. The van der Waals surface area contributed by atoms with Crippen molar-refractivity contribution in [3.63, 3.8) is 0 Å². The molecule has 3 N–H and O–H groups in total. The van der Waals surface area contributed by atoms with E-state index in [1.807, 2.05) is 18.2 Å². The number of aromatic nitrogens is 3. The van der Waals surface area contributed by atoms with Crippen LogP contribution in [0, 0.1) is 0 Å². The van der Waals surface area contributed by atoms with Gasteiger partial charge in [0.2, 0.25) is 0 Å². The normalized spacial score (nSPS) is 13.8. The highest BCUT2D eigenvalue weighted by molar-refractivity contribution is 5.72. The van der Waals surface area contributed by atoms with E-state index in [1.165, 1.54) is 0 Å². The molecule has 0 amide bonds. The number of carbonyl (C=O) groups is 1. The highest BCUT2D eigenvalue weighted by Crippen LogP contribution is 2.12. The van der Waals surface area contributed by atoms with E-state index in [0.717, 1.165) is 0 Å². The number of carboxylic acid groups (broad SMARTS) is 1. The van der Waals surface area contributed by atoms with E-state index in [9.17, 15) is 9.90 Å². The van der Waals surface area contributed by atoms with Crippen LogP contribution in [0.2, 0.25) is 0 Å². The number of ether oxygens (including phenoxy) is 1. The molecule has 0 unspecified atom stereocenters. The molecule has 0 aromatic carbocycles. The Hall–Kier alpha value is -2.25. The molecule has 0 bridgehead atoms. The van der Waals surface area contributed by atoms with Gasteiger partial charge in [-0.1, -0.05) is 6.07 Å². The summed E-state index contributed by atoms with van der Waals surface area (Å²) in [4.78, 5) is 19.7. The van der Waals surface area contributed by atoms with Crippen LogP contribution < -0.4 is 5.73 Å². The van der Waals surface area contributed by atoms with Gasteiger partial charge in [0.15, 0.2) is 6.10 Å². The molecule has 2 aromatic heterocycles. The molecule has 0 radical (unpaired) electrons. The summed E-state index contributed by atoms with van der Waals surface area (Å²) in [5.74, 6) is 0.220. The lowest BCUT2D eigenvalue weighted by molar-refractivity contribution is -0.153. The first kappa shape index (κ1) is 15.1. The summed E-state index contributed by atoms with van der Waals surface area (Å²) in [5, 5.41) is 9.26. The fourth-order valence-corrected chi connectivity index (χ4v) is 1.89. The Labute approximate surface area is 122 Å². The predicted molar refractivity (Wildman–Crippen MR) is 76.1 cm³/mol. The van der Waals surface area contributed by atoms with Crippen LogP contribution in [0.15, 0.2) is 36.8 Å². The number of carboxylic acids is 1. The van der Waals surface area contributed by atoms with Gasteiger partial charge >= 0.3 is 5.97 Å². The molecule has 7 heteroatoms. The first-order valence-corrected chi connectivity index (χ1v) is 6.63. The lowest BCUT2D eigenvalue weighted by atomic mass is 10.2. The van der Waals surface area contributed by atoms with Crippen molar-refractivity contribution in [2.75, 3.05) is 6.54 Å². The number of hydrogen-bond donors (Lipinski definition) is 2. The molecule has 0 spiro atoms. The zero-order valence-electron chi connectivity index (χ0n) is 11.7. The molecule has 0 saturated heterocycles. The molecule has 0 fully saturated rings. The Bertz CT molecular complexity index is 585. The summed E-state index contributed by atoms with van der Waals surface area (Å²) >= 11 is 0. The van der Waals surface area contributed by atoms with Gasteiger partial charge in [-0.2, -0.15) is 0 Å². The fourth-order valence-electron chi connectivity index (χ4n) is 1.89. The Morgan fingerprint density at radius 1 is 1.43 bits per heavy atom. The van der Waals surface area contributed by atoms with Crippen LogP contribution in [0.3, 0.4) is 0 Å². The van der Waals surface area contributed by atoms with Crippen molar-refractivity contribution < 1.29 is 14.6 Å². The lowest BCUT2D eigenvalue weighted by Gasteiger charge is -2.18. The van der Waals surface area contributed by atoms with Crippen LogP contribution in [-0.2, 0) is 16.0 Å². The maximum Gasteiger partial charge on any atom is 0.333 e. The van der Waals surface area contributed by atoms with Crippen molar-refractivity contribution in [2.45, 2.75) is 25.6 Å². The third-order valence-electron chi connectivity index (χ3n) is 2.99. The van der Waals surface area contributed by atoms with Crippen molar-refractivity contribution in [3.05, 3.63) is 42.6 Å². The fraction of sp³-hybridized carbons (Fsp3) is 0.357. The highest BCUT2D eigenvalue weighted by atomic mass is 16.5. The summed E-state index contributed by atoms with van der Waals surface area (Å²) < 4.78 is 7.17. The van der Waals surface area contributed by atoms with Gasteiger partial charge in [-0.25, -0.2) is 14.8 Å². The molecule has 21 heavy (non-hydrogen) atoms. The van der Waals surface area contributed by atoms with E-state index in [0.29, 0.717) is 11.6 Å². The molecule has 0 saturated carbocycles. The second-order valence-corrected chi connectivity index (χ2v) is 4.61. The van der Waals surface area contributed by atoms with Gasteiger partial charge in [0.1, 0.15) is 11.6 Å². The second-order valence-electron chi connectivity index (χ2n) is 4.61. The summed E-state index contributed by atoms with van der Waals surface area (Å²) in [6.45, 7) is 2.00.